The van der Waals surface area contributed by atoms with E-state index in [4.69, 9.17) is 21.1 Å². The van der Waals surface area contributed by atoms with Crippen LogP contribution in [0.2, 0.25) is 5.02 Å². The highest BCUT2D eigenvalue weighted by atomic mass is 35.5. The van der Waals surface area contributed by atoms with Crippen LogP contribution in [0.1, 0.15) is 27.0 Å². The molecule has 40 heavy (non-hydrogen) atoms. The van der Waals surface area contributed by atoms with Crippen LogP contribution in [0.5, 0.6) is 11.5 Å². The zero-order valence-corrected chi connectivity index (χ0v) is 23.3. The molecule has 0 N–H and O–H groups in total. The molecule has 1 amide bonds. The molecule has 0 spiro atoms. The minimum Gasteiger partial charge on any atom is -0.497 e. The Morgan fingerprint density at radius 1 is 1.12 bits per heavy atom. The van der Waals surface area contributed by atoms with Crippen molar-refractivity contribution >= 4 is 44.1 Å². The molecule has 3 aromatic carbocycles. The largest absolute Gasteiger partial charge is 0.497 e. The average molecular weight is 588 g/mol. The van der Waals surface area contributed by atoms with Gasteiger partial charge in [-0.1, -0.05) is 23.7 Å². The first kappa shape index (κ1) is 27.6. The third kappa shape index (κ3) is 5.02. The molecule has 208 valence electrons. The van der Waals surface area contributed by atoms with Crippen LogP contribution in [0.25, 0.3) is 10.9 Å². The third-order valence-electron chi connectivity index (χ3n) is 6.75. The van der Waals surface area contributed by atoms with Gasteiger partial charge in [-0.3, -0.25) is 14.1 Å². The van der Waals surface area contributed by atoms with Gasteiger partial charge < -0.3 is 14.4 Å². The number of methoxy groups -OCH3 is 1. The fourth-order valence-electron chi connectivity index (χ4n) is 4.68. The molecular formula is C28H24ClF2N3O5S. The van der Waals surface area contributed by atoms with Gasteiger partial charge >= 0.3 is 0 Å². The summed E-state index contributed by atoms with van der Waals surface area (Å²) in [5.74, 6) is -1.44. The molecule has 0 radical (unpaired) electrons. The van der Waals surface area contributed by atoms with Gasteiger partial charge in [-0.25, -0.2) is 17.2 Å². The van der Waals surface area contributed by atoms with E-state index in [0.29, 0.717) is 28.3 Å². The number of fused-ring (bicyclic) bond motifs is 2. The van der Waals surface area contributed by atoms with E-state index in [2.05, 4.69) is 4.98 Å². The standard InChI is InChI=1S/C28H24ClF2N3O5S/c1-33(40(3,36)37)26-19-5-4-10-32-25(19)27(39-15-16-6-8-18(38-2)9-7-16)24-20(26)14-34(28(24)35)13-17-11-21(29)23(31)12-22(17)30/h4-12H,13-15H2,1-3H3. The minimum absolute atomic E-state index is 0.00829. The minimum atomic E-state index is -3.75. The van der Waals surface area contributed by atoms with Gasteiger partial charge in [-0.2, -0.15) is 0 Å². The number of sulfonamides is 1. The highest BCUT2D eigenvalue weighted by Crippen LogP contribution is 2.45. The molecule has 1 aliphatic rings. The van der Waals surface area contributed by atoms with Crippen LogP contribution in [0.15, 0.2) is 54.7 Å². The topological polar surface area (TPSA) is 89.0 Å². The van der Waals surface area contributed by atoms with Crippen LogP contribution >= 0.6 is 11.6 Å². The fraction of sp³-hybridized carbons (Fsp3) is 0.214. The lowest BCUT2D eigenvalue weighted by Crippen LogP contribution is -2.26. The molecule has 0 bridgehead atoms. The molecule has 1 aromatic heterocycles. The molecule has 0 saturated carbocycles. The normalized spacial score (nSPS) is 13.1. The van der Waals surface area contributed by atoms with Crippen LogP contribution < -0.4 is 13.8 Å². The first-order chi connectivity index (χ1) is 19.0. The number of rotatable bonds is 8. The highest BCUT2D eigenvalue weighted by Gasteiger charge is 2.38. The van der Waals surface area contributed by atoms with Crippen molar-refractivity contribution < 1.29 is 31.5 Å². The summed E-state index contributed by atoms with van der Waals surface area (Å²) >= 11 is 5.87. The number of benzene rings is 3. The maximum atomic E-state index is 14.6. The summed E-state index contributed by atoms with van der Waals surface area (Å²) in [6, 6.07) is 12.3. The van der Waals surface area contributed by atoms with Gasteiger partial charge in [-0.05, 0) is 35.9 Å². The lowest BCUT2D eigenvalue weighted by molar-refractivity contribution is 0.0762. The number of carbonyl (C=O) groups is 1. The monoisotopic (exact) mass is 587 g/mol. The molecule has 0 saturated heterocycles. The molecule has 0 unspecified atom stereocenters. The molecule has 12 heteroatoms. The Morgan fingerprint density at radius 3 is 2.52 bits per heavy atom. The van der Waals surface area contributed by atoms with E-state index in [1.54, 1.807) is 31.4 Å². The maximum Gasteiger partial charge on any atom is 0.258 e. The molecule has 1 aliphatic heterocycles. The number of carbonyl (C=O) groups excluding carboxylic acids is 1. The number of aromatic nitrogens is 1. The zero-order valence-electron chi connectivity index (χ0n) is 21.7. The Balaban J connectivity index is 1.64. The summed E-state index contributed by atoms with van der Waals surface area (Å²) in [7, 11) is -0.800. The molecule has 0 fully saturated rings. The van der Waals surface area contributed by atoms with Crippen LogP contribution in [0.3, 0.4) is 0 Å². The molecule has 5 rings (SSSR count). The van der Waals surface area contributed by atoms with Crippen LogP contribution in [-0.2, 0) is 29.7 Å². The maximum absolute atomic E-state index is 14.6. The summed E-state index contributed by atoms with van der Waals surface area (Å²) in [4.78, 5) is 19.6. The smallest absolute Gasteiger partial charge is 0.258 e. The predicted molar refractivity (Wildman–Crippen MR) is 147 cm³/mol. The number of hydrogen-bond donors (Lipinski definition) is 0. The van der Waals surface area contributed by atoms with Crippen LogP contribution in [0.4, 0.5) is 14.5 Å². The molecule has 8 nitrogen and oxygen atoms in total. The van der Waals surface area contributed by atoms with Gasteiger partial charge in [0.15, 0.2) is 5.75 Å². The second-order valence-corrected chi connectivity index (χ2v) is 11.7. The van der Waals surface area contributed by atoms with E-state index in [0.717, 1.165) is 22.2 Å². The summed E-state index contributed by atoms with van der Waals surface area (Å²) < 4.78 is 66.2. The van der Waals surface area contributed by atoms with Crippen LogP contribution in [0, 0.1) is 11.6 Å². The summed E-state index contributed by atoms with van der Waals surface area (Å²) in [5, 5.41) is 0.182. The van der Waals surface area contributed by atoms with Gasteiger partial charge in [0.05, 0.1) is 29.6 Å². The average Bonchev–Trinajstić information content (AvgIpc) is 3.24. The molecule has 0 atom stereocenters. The number of anilines is 1. The first-order valence-electron chi connectivity index (χ1n) is 12.1. The van der Waals surface area contributed by atoms with Gasteiger partial charge in [0, 0.05) is 48.9 Å². The van der Waals surface area contributed by atoms with Crippen molar-refractivity contribution in [2.75, 3.05) is 24.7 Å². The van der Waals surface area contributed by atoms with Crippen molar-refractivity contribution in [3.8, 4) is 11.5 Å². The van der Waals surface area contributed by atoms with E-state index in [-0.39, 0.29) is 47.3 Å². The number of nitrogens with zero attached hydrogens (tertiary/aromatic N) is 3. The SMILES string of the molecule is COc1ccc(COc2c3c(c(N(C)S(C)(=O)=O)c4cccnc24)CN(Cc2cc(Cl)c(F)cc2F)C3=O)cc1. The van der Waals surface area contributed by atoms with Crippen molar-refractivity contribution in [3.05, 3.63) is 93.6 Å². The Bertz CT molecular complexity index is 1750. The van der Waals surface area contributed by atoms with E-state index in [9.17, 15) is 22.0 Å². The van der Waals surface area contributed by atoms with Crippen molar-refractivity contribution in [2.45, 2.75) is 19.7 Å². The Kier molecular flexibility index (Phi) is 7.28. The van der Waals surface area contributed by atoms with E-state index in [1.165, 1.54) is 18.1 Å². The van der Waals surface area contributed by atoms with E-state index < -0.39 is 27.6 Å². The summed E-state index contributed by atoms with van der Waals surface area (Å²) in [5.41, 5.74) is 1.88. The number of halogens is 3. The van der Waals surface area contributed by atoms with Crippen molar-refractivity contribution in [1.29, 1.82) is 0 Å². The Hall–Kier alpha value is -3.96. The molecule has 4 aromatic rings. The van der Waals surface area contributed by atoms with Crippen LogP contribution in [-0.4, -0.2) is 44.6 Å². The zero-order chi connectivity index (χ0) is 28.8. The fourth-order valence-corrected chi connectivity index (χ4v) is 5.40. The summed E-state index contributed by atoms with van der Waals surface area (Å²) in [6.45, 7) is -0.205. The number of amides is 1. The summed E-state index contributed by atoms with van der Waals surface area (Å²) in [6.07, 6.45) is 2.58. The number of ether oxygens (including phenoxy) is 2. The van der Waals surface area contributed by atoms with E-state index in [1.807, 2.05) is 12.1 Å². The number of hydrogen-bond acceptors (Lipinski definition) is 6. The van der Waals surface area contributed by atoms with Gasteiger partial charge in [0.25, 0.3) is 5.91 Å². The van der Waals surface area contributed by atoms with Gasteiger partial charge in [0.1, 0.15) is 29.5 Å². The van der Waals surface area contributed by atoms with E-state index >= 15 is 0 Å². The Labute approximate surface area is 234 Å². The highest BCUT2D eigenvalue weighted by molar-refractivity contribution is 7.92. The second-order valence-electron chi connectivity index (χ2n) is 9.32. The van der Waals surface area contributed by atoms with Gasteiger partial charge in [-0.15, -0.1) is 0 Å². The molecule has 0 aliphatic carbocycles. The first-order valence-corrected chi connectivity index (χ1v) is 14.3. The van der Waals surface area contributed by atoms with Crippen molar-refractivity contribution in [1.82, 2.24) is 9.88 Å². The third-order valence-corrected chi connectivity index (χ3v) is 8.21. The van der Waals surface area contributed by atoms with Crippen molar-refractivity contribution in [3.63, 3.8) is 0 Å². The quantitative estimate of drug-likeness (QED) is 0.260. The lowest BCUT2D eigenvalue weighted by atomic mass is 10.0. The Morgan fingerprint density at radius 2 is 1.85 bits per heavy atom. The predicted octanol–water partition coefficient (Wildman–Crippen LogP) is 5.31. The lowest BCUT2D eigenvalue weighted by Gasteiger charge is -2.23. The molecule has 2 heterocycles. The molecular weight excluding hydrogens is 564 g/mol. The van der Waals surface area contributed by atoms with Gasteiger partial charge in [0.2, 0.25) is 10.0 Å². The second kappa shape index (κ2) is 10.5. The van der Waals surface area contributed by atoms with Crippen molar-refractivity contribution in [2.24, 2.45) is 0 Å². The number of pyridine rings is 1.